The largest absolute Gasteiger partial charge is 0.481 e. The van der Waals surface area contributed by atoms with E-state index in [-0.39, 0.29) is 40.1 Å². The molecule has 4 heterocycles. The first-order valence-electron chi connectivity index (χ1n) is 27.1. The van der Waals surface area contributed by atoms with Crippen LogP contribution in [0.25, 0.3) is 0 Å². The molecular weight excluding hydrogens is 973 g/mol. The predicted octanol–water partition coefficient (Wildman–Crippen LogP) is 0.197. The standard InChI is InChI=1S/C53H86O21/c1-23-32(57)41(73-44-38(63)36(61)40(28(21-55)70-44)72-43-37(62)35(60)34(59)27(20-54)69-43)39(64)45(68-23)74-42-33(58)26(56)22-67-46(42)71-31-12-13-50(6)29(49(31,4)5)11-14-52(8)30(50)10-9-24-25-19-48(2,3)15-17-53(25,47(65)66)18-16-51(24,52)7/h9,23,25-46,54-64H,10-22H2,1-8H3,(H,65,66)/t23-,25-,26+,27+,28+,29-,30+,31-,32-,33-,34+,35-,36+,37+,38+,39+,40+,41+,42+,43-,44-,45-,46-,50-,51+,52+,53-/m0/s1. The van der Waals surface area contributed by atoms with Gasteiger partial charge in [0.25, 0.3) is 0 Å². The minimum atomic E-state index is -1.99. The molecular formula is C53H86O21. The van der Waals surface area contributed by atoms with Gasteiger partial charge in [-0.05, 0) is 116 Å². The third-order valence-electron chi connectivity index (χ3n) is 21.1. The first-order chi connectivity index (χ1) is 34.6. The highest BCUT2D eigenvalue weighted by molar-refractivity contribution is 5.76. The van der Waals surface area contributed by atoms with Crippen molar-refractivity contribution in [1.82, 2.24) is 0 Å². The number of aliphatic hydroxyl groups excluding tert-OH is 11. The maximum atomic E-state index is 13.2. The molecule has 4 saturated carbocycles. The Morgan fingerprint density at radius 1 is 0.608 bits per heavy atom. The Labute approximate surface area is 433 Å². The molecule has 8 fully saturated rings. The van der Waals surface area contributed by atoms with E-state index in [1.807, 2.05) is 0 Å². The summed E-state index contributed by atoms with van der Waals surface area (Å²) in [5, 5.41) is 130. The molecule has 0 aromatic carbocycles. The number of carboxylic acids is 1. The van der Waals surface area contributed by atoms with E-state index in [1.54, 1.807) is 0 Å². The topological polar surface area (TPSA) is 334 Å². The van der Waals surface area contributed by atoms with Gasteiger partial charge in [0.1, 0.15) is 85.5 Å². The van der Waals surface area contributed by atoms with Gasteiger partial charge in [0.2, 0.25) is 0 Å². The molecule has 0 aromatic heterocycles. The van der Waals surface area contributed by atoms with Crippen LogP contribution in [0, 0.1) is 50.2 Å². The van der Waals surface area contributed by atoms with Gasteiger partial charge in [0, 0.05) is 0 Å². The van der Waals surface area contributed by atoms with Crippen LogP contribution in [0.2, 0.25) is 0 Å². The lowest BCUT2D eigenvalue weighted by Gasteiger charge is -2.71. The van der Waals surface area contributed by atoms with E-state index in [1.165, 1.54) is 12.5 Å². The Hall–Kier alpha value is -1.55. The minimum absolute atomic E-state index is 0.0112. The molecule has 12 N–H and O–H groups in total. The van der Waals surface area contributed by atoms with Crippen molar-refractivity contribution in [3.05, 3.63) is 11.6 Å². The van der Waals surface area contributed by atoms with Crippen LogP contribution in [0.3, 0.4) is 0 Å². The molecule has 27 atom stereocenters. The van der Waals surface area contributed by atoms with Crippen LogP contribution in [0.15, 0.2) is 11.6 Å². The van der Waals surface area contributed by atoms with Crippen molar-refractivity contribution in [2.45, 2.75) is 242 Å². The molecule has 21 nitrogen and oxygen atoms in total. The third-order valence-corrected chi connectivity index (χ3v) is 21.1. The summed E-state index contributed by atoms with van der Waals surface area (Å²) < 4.78 is 48.0. The monoisotopic (exact) mass is 1060 g/mol. The summed E-state index contributed by atoms with van der Waals surface area (Å²) in [5.41, 5.74) is -0.0216. The molecule has 0 unspecified atom stereocenters. The molecule has 424 valence electrons. The number of aliphatic carboxylic acids is 1. The van der Waals surface area contributed by atoms with Gasteiger partial charge in [0.05, 0.1) is 37.4 Å². The maximum Gasteiger partial charge on any atom is 0.310 e. The molecule has 0 amide bonds. The fourth-order valence-electron chi connectivity index (χ4n) is 16.3. The number of allylic oxidation sites excluding steroid dienone is 2. The van der Waals surface area contributed by atoms with Crippen LogP contribution >= 0.6 is 0 Å². The van der Waals surface area contributed by atoms with Gasteiger partial charge in [-0.2, -0.15) is 0 Å². The van der Waals surface area contributed by atoms with Crippen LogP contribution < -0.4 is 0 Å². The van der Waals surface area contributed by atoms with Crippen molar-refractivity contribution < 1.29 is 104 Å². The van der Waals surface area contributed by atoms with E-state index in [0.29, 0.717) is 25.2 Å². The van der Waals surface area contributed by atoms with Crippen LogP contribution in [0.4, 0.5) is 0 Å². The number of ether oxygens (including phenoxy) is 8. The number of aliphatic hydroxyl groups is 11. The first-order valence-corrected chi connectivity index (χ1v) is 27.1. The Balaban J connectivity index is 0.887. The normalized spacial score (nSPS) is 54.1. The highest BCUT2D eigenvalue weighted by atomic mass is 16.8. The van der Waals surface area contributed by atoms with Crippen molar-refractivity contribution in [3.63, 3.8) is 0 Å². The van der Waals surface area contributed by atoms with Crippen LogP contribution in [-0.2, 0) is 42.7 Å². The summed E-state index contributed by atoms with van der Waals surface area (Å²) in [5.74, 6) is -0.101. The van der Waals surface area contributed by atoms with Crippen molar-refractivity contribution in [2.24, 2.45) is 50.2 Å². The molecule has 4 saturated heterocycles. The maximum absolute atomic E-state index is 13.2. The third kappa shape index (κ3) is 9.17. The minimum Gasteiger partial charge on any atom is -0.481 e. The second kappa shape index (κ2) is 20.5. The molecule has 21 heteroatoms. The molecule has 0 spiro atoms. The summed E-state index contributed by atoms with van der Waals surface area (Å²) in [7, 11) is 0. The lowest BCUT2D eigenvalue weighted by atomic mass is 9.33. The molecule has 0 bridgehead atoms. The number of rotatable bonds is 11. The van der Waals surface area contributed by atoms with E-state index in [4.69, 9.17) is 37.9 Å². The van der Waals surface area contributed by atoms with E-state index >= 15 is 0 Å². The van der Waals surface area contributed by atoms with Crippen LogP contribution in [-0.4, -0.2) is 210 Å². The average molecular weight is 1060 g/mol. The van der Waals surface area contributed by atoms with E-state index in [9.17, 15) is 66.1 Å². The fourth-order valence-corrected chi connectivity index (χ4v) is 16.3. The van der Waals surface area contributed by atoms with Gasteiger partial charge < -0.3 is 99.2 Å². The molecule has 74 heavy (non-hydrogen) atoms. The quantitative estimate of drug-likeness (QED) is 0.0971. The molecule has 9 rings (SSSR count). The zero-order valence-corrected chi connectivity index (χ0v) is 44.1. The van der Waals surface area contributed by atoms with E-state index in [0.717, 1.165) is 44.9 Å². The number of carboxylic acid groups (broad SMARTS) is 1. The van der Waals surface area contributed by atoms with E-state index in [2.05, 4.69) is 54.5 Å². The van der Waals surface area contributed by atoms with Crippen molar-refractivity contribution in [1.29, 1.82) is 0 Å². The first kappa shape index (κ1) is 57.1. The number of fused-ring (bicyclic) bond motifs is 7. The Morgan fingerprint density at radius 3 is 1.88 bits per heavy atom. The molecule has 0 radical (unpaired) electrons. The summed E-state index contributed by atoms with van der Waals surface area (Å²) >= 11 is 0. The summed E-state index contributed by atoms with van der Waals surface area (Å²) in [6, 6.07) is 0. The van der Waals surface area contributed by atoms with Crippen LogP contribution in [0.1, 0.15) is 120 Å². The van der Waals surface area contributed by atoms with E-state index < -0.39 is 153 Å². The summed E-state index contributed by atoms with van der Waals surface area (Å²) in [4.78, 5) is 13.2. The lowest BCUT2D eigenvalue weighted by molar-refractivity contribution is -0.390. The van der Waals surface area contributed by atoms with Gasteiger partial charge in [-0.1, -0.05) is 60.1 Å². The smallest absolute Gasteiger partial charge is 0.310 e. The van der Waals surface area contributed by atoms with Crippen molar-refractivity contribution >= 4 is 5.97 Å². The second-order valence-corrected chi connectivity index (χ2v) is 25.8. The van der Waals surface area contributed by atoms with Crippen molar-refractivity contribution in [3.8, 4) is 0 Å². The second-order valence-electron chi connectivity index (χ2n) is 25.8. The van der Waals surface area contributed by atoms with Gasteiger partial charge in [-0.15, -0.1) is 0 Å². The lowest BCUT2D eigenvalue weighted by Crippen LogP contribution is -2.67. The molecule has 9 aliphatic rings. The van der Waals surface area contributed by atoms with Gasteiger partial charge >= 0.3 is 5.97 Å². The van der Waals surface area contributed by atoms with Crippen molar-refractivity contribution in [2.75, 3.05) is 19.8 Å². The summed E-state index contributed by atoms with van der Waals surface area (Å²) in [6.07, 6.45) is -20.7. The number of hydrogen-bond donors (Lipinski definition) is 12. The Morgan fingerprint density at radius 2 is 1.22 bits per heavy atom. The van der Waals surface area contributed by atoms with Gasteiger partial charge in [-0.3, -0.25) is 4.79 Å². The SMILES string of the molecule is C[C@@H]1O[C@@H](O[C@H]2[C@H](O[C@H]3CC[C@]4(C)[C@H]5CC=C6[C@@H]7CC(C)(C)CC[C@]7(C(=O)O)CC[C@@]6(C)[C@]5(C)CC[C@H]4C3(C)C)OC[C@@H](O)[C@@H]2O)[C@H](O)[C@H](O[C@@H]2O[C@H](CO)[C@@H](O[C@@H]3O[C@H](CO)[C@@H](O)[C@H](O)[C@H]3O)[C@H](O)[C@H]2O)[C@H]1O. The Kier molecular flexibility index (Phi) is 15.8. The van der Waals surface area contributed by atoms with Gasteiger partial charge in [-0.25, -0.2) is 0 Å². The predicted molar refractivity (Wildman–Crippen MR) is 256 cm³/mol. The zero-order valence-electron chi connectivity index (χ0n) is 44.1. The highest BCUT2D eigenvalue weighted by Crippen LogP contribution is 2.76. The average Bonchev–Trinajstić information content (AvgIpc) is 3.34. The Bertz CT molecular complexity index is 2040. The fraction of sp³-hybridized carbons (Fsp3) is 0.943. The molecule has 4 aliphatic heterocycles. The number of hydrogen-bond acceptors (Lipinski definition) is 20. The summed E-state index contributed by atoms with van der Waals surface area (Å²) in [6.45, 7) is 15.9. The number of carbonyl (C=O) groups is 1. The molecule has 0 aromatic rings. The highest BCUT2D eigenvalue weighted by Gasteiger charge is 2.70. The molecule has 5 aliphatic carbocycles. The van der Waals surface area contributed by atoms with Crippen LogP contribution in [0.5, 0.6) is 0 Å². The van der Waals surface area contributed by atoms with Gasteiger partial charge in [0.15, 0.2) is 25.2 Å². The zero-order chi connectivity index (χ0) is 54.0.